The summed E-state index contributed by atoms with van der Waals surface area (Å²) in [5.41, 5.74) is 1.24. The fourth-order valence-electron chi connectivity index (χ4n) is 1.60. The minimum Gasteiger partial charge on any atom is -0.462 e. The zero-order chi connectivity index (χ0) is 11.8. The Kier molecular flexibility index (Phi) is 2.35. The van der Waals surface area contributed by atoms with Crippen LogP contribution < -0.4 is 4.90 Å². The molecule has 3 nitrogen and oxygen atoms in total. The summed E-state index contributed by atoms with van der Waals surface area (Å²) in [6.45, 7) is 3.77. The van der Waals surface area contributed by atoms with Gasteiger partial charge in [0.15, 0.2) is 0 Å². The van der Waals surface area contributed by atoms with Crippen LogP contribution in [0.15, 0.2) is 34.9 Å². The molecule has 0 fully saturated rings. The molecule has 82 valence electrons. The van der Waals surface area contributed by atoms with Crippen molar-refractivity contribution >= 4 is 16.7 Å². The van der Waals surface area contributed by atoms with Crippen LogP contribution in [0.3, 0.4) is 0 Å². The minimum atomic E-state index is -0.549. The number of furan rings is 1. The quantitative estimate of drug-likeness (QED) is 0.770. The first-order valence-electron chi connectivity index (χ1n) is 5.17. The lowest BCUT2D eigenvalue weighted by atomic mass is 10.0. The van der Waals surface area contributed by atoms with Crippen molar-refractivity contribution in [3.63, 3.8) is 0 Å². The highest BCUT2D eigenvalue weighted by atomic mass is 16.3. The number of nitrogens with zero attached hydrogens (tertiary/aromatic N) is 2. The Bertz CT molecular complexity index is 548. The summed E-state index contributed by atoms with van der Waals surface area (Å²) in [4.78, 5) is 1.93. The number of fused-ring (bicyclic) bond motifs is 1. The minimum absolute atomic E-state index is 0.549. The predicted molar refractivity (Wildman–Crippen MR) is 64.3 cm³/mol. The summed E-state index contributed by atoms with van der Waals surface area (Å²) in [6, 6.07) is 10.1. The van der Waals surface area contributed by atoms with E-state index in [2.05, 4.69) is 6.07 Å². The largest absolute Gasteiger partial charge is 0.462 e. The Balaban J connectivity index is 2.53. The lowest BCUT2D eigenvalue weighted by molar-refractivity contribution is 0.591. The maximum absolute atomic E-state index is 9.11. The topological polar surface area (TPSA) is 40.2 Å². The molecule has 2 aromatic rings. The van der Waals surface area contributed by atoms with E-state index >= 15 is 0 Å². The maximum atomic E-state index is 9.11. The molecule has 0 unspecified atom stereocenters. The highest BCUT2D eigenvalue weighted by molar-refractivity contribution is 5.91. The average Bonchev–Trinajstić information content (AvgIpc) is 2.71. The molecule has 1 aromatic heterocycles. The second kappa shape index (κ2) is 3.57. The smallest absolute Gasteiger partial charge is 0.136 e. The van der Waals surface area contributed by atoms with E-state index in [1.807, 2.05) is 50.1 Å². The van der Waals surface area contributed by atoms with E-state index in [9.17, 15) is 0 Å². The van der Waals surface area contributed by atoms with Gasteiger partial charge in [-0.25, -0.2) is 0 Å². The van der Waals surface area contributed by atoms with E-state index in [-0.39, 0.29) is 0 Å². The van der Waals surface area contributed by atoms with Crippen LogP contribution in [0.5, 0.6) is 0 Å². The van der Waals surface area contributed by atoms with Gasteiger partial charge in [0.25, 0.3) is 0 Å². The molecule has 0 aliphatic carbocycles. The van der Waals surface area contributed by atoms with Gasteiger partial charge in [-0.1, -0.05) is 12.1 Å². The monoisotopic (exact) mass is 214 g/mol. The summed E-state index contributed by atoms with van der Waals surface area (Å²) in [5, 5.41) is 10.1. The van der Waals surface area contributed by atoms with Gasteiger partial charge in [0, 0.05) is 12.4 Å². The van der Waals surface area contributed by atoms with Gasteiger partial charge in [0.1, 0.15) is 17.4 Å². The molecular weight excluding hydrogens is 200 g/mol. The number of hydrogen-bond donors (Lipinski definition) is 0. The maximum Gasteiger partial charge on any atom is 0.136 e. The molecule has 1 heterocycles. The van der Waals surface area contributed by atoms with Crippen molar-refractivity contribution in [3.05, 3.63) is 30.5 Å². The van der Waals surface area contributed by atoms with Crippen LogP contribution in [0.1, 0.15) is 13.8 Å². The van der Waals surface area contributed by atoms with Crippen molar-refractivity contribution in [2.45, 2.75) is 19.4 Å². The van der Waals surface area contributed by atoms with Gasteiger partial charge in [0.05, 0.1) is 11.8 Å². The lowest BCUT2D eigenvalue weighted by Gasteiger charge is -2.30. The number of rotatable bonds is 2. The SMILES string of the molecule is CN(c1coc2ccccc12)C(C)(C)C#N. The standard InChI is InChI=1S/C13H14N2O/c1-13(2,9-14)15(3)11-8-16-12-7-5-4-6-10(11)12/h4-8H,1-3H3. The Labute approximate surface area is 94.9 Å². The summed E-state index contributed by atoms with van der Waals surface area (Å²) in [6.07, 6.45) is 1.70. The second-order valence-corrected chi connectivity index (χ2v) is 4.35. The van der Waals surface area contributed by atoms with E-state index in [0.717, 1.165) is 16.7 Å². The van der Waals surface area contributed by atoms with Crippen molar-refractivity contribution in [1.29, 1.82) is 5.26 Å². The summed E-state index contributed by atoms with van der Waals surface area (Å²) in [7, 11) is 1.90. The van der Waals surface area contributed by atoms with Crippen LogP contribution in [0.25, 0.3) is 11.0 Å². The Morgan fingerprint density at radius 3 is 2.69 bits per heavy atom. The van der Waals surface area contributed by atoms with Gasteiger partial charge in [-0.15, -0.1) is 0 Å². The lowest BCUT2D eigenvalue weighted by Crippen LogP contribution is -2.39. The molecule has 3 heteroatoms. The molecule has 0 bridgehead atoms. The normalized spacial score (nSPS) is 11.4. The fourth-order valence-corrected chi connectivity index (χ4v) is 1.60. The van der Waals surface area contributed by atoms with E-state index < -0.39 is 5.54 Å². The van der Waals surface area contributed by atoms with Gasteiger partial charge in [-0.3, -0.25) is 0 Å². The van der Waals surface area contributed by atoms with Gasteiger partial charge >= 0.3 is 0 Å². The van der Waals surface area contributed by atoms with E-state index in [1.54, 1.807) is 6.26 Å². The van der Waals surface area contributed by atoms with Crippen molar-refractivity contribution in [2.75, 3.05) is 11.9 Å². The summed E-state index contributed by atoms with van der Waals surface area (Å²) in [5.74, 6) is 0. The first-order chi connectivity index (χ1) is 7.56. The van der Waals surface area contributed by atoms with Gasteiger partial charge in [-0.2, -0.15) is 5.26 Å². The molecule has 0 radical (unpaired) electrons. The number of anilines is 1. The highest BCUT2D eigenvalue weighted by Gasteiger charge is 2.25. The van der Waals surface area contributed by atoms with Crippen molar-refractivity contribution in [2.24, 2.45) is 0 Å². The van der Waals surface area contributed by atoms with Crippen LogP contribution in [0.4, 0.5) is 5.69 Å². The van der Waals surface area contributed by atoms with E-state index in [1.165, 1.54) is 0 Å². The van der Waals surface area contributed by atoms with Crippen molar-refractivity contribution in [1.82, 2.24) is 0 Å². The first kappa shape index (κ1) is 10.6. The third-order valence-corrected chi connectivity index (χ3v) is 2.93. The Morgan fingerprint density at radius 1 is 1.31 bits per heavy atom. The summed E-state index contributed by atoms with van der Waals surface area (Å²) < 4.78 is 5.46. The molecule has 0 atom stereocenters. The van der Waals surface area contributed by atoms with Gasteiger partial charge < -0.3 is 9.32 Å². The Hall–Kier alpha value is -1.95. The molecule has 0 saturated heterocycles. The number of para-hydroxylation sites is 1. The third kappa shape index (κ3) is 1.53. The first-order valence-corrected chi connectivity index (χ1v) is 5.17. The molecule has 0 spiro atoms. The van der Waals surface area contributed by atoms with E-state index in [4.69, 9.17) is 9.68 Å². The number of benzene rings is 1. The van der Waals surface area contributed by atoms with Gasteiger partial charge in [0.2, 0.25) is 0 Å². The number of hydrogen-bond acceptors (Lipinski definition) is 3. The molecule has 2 rings (SSSR count). The zero-order valence-electron chi connectivity index (χ0n) is 9.69. The number of nitriles is 1. The zero-order valence-corrected chi connectivity index (χ0v) is 9.69. The van der Waals surface area contributed by atoms with Crippen molar-refractivity contribution < 1.29 is 4.42 Å². The van der Waals surface area contributed by atoms with E-state index in [0.29, 0.717) is 0 Å². The van der Waals surface area contributed by atoms with Crippen LogP contribution in [-0.4, -0.2) is 12.6 Å². The van der Waals surface area contributed by atoms with Crippen LogP contribution in [0.2, 0.25) is 0 Å². The molecule has 0 N–H and O–H groups in total. The molecular formula is C13H14N2O. The molecule has 16 heavy (non-hydrogen) atoms. The average molecular weight is 214 g/mol. The molecule has 1 aromatic carbocycles. The van der Waals surface area contributed by atoms with Gasteiger partial charge in [-0.05, 0) is 26.0 Å². The fraction of sp³-hybridized carbons (Fsp3) is 0.308. The second-order valence-electron chi connectivity index (χ2n) is 4.35. The van der Waals surface area contributed by atoms with Crippen LogP contribution in [-0.2, 0) is 0 Å². The molecule has 0 saturated carbocycles. The summed E-state index contributed by atoms with van der Waals surface area (Å²) >= 11 is 0. The van der Waals surface area contributed by atoms with Crippen LogP contribution >= 0.6 is 0 Å². The molecule has 0 amide bonds. The van der Waals surface area contributed by atoms with Crippen LogP contribution in [0, 0.1) is 11.3 Å². The Morgan fingerprint density at radius 2 is 2.00 bits per heavy atom. The predicted octanol–water partition coefficient (Wildman–Crippen LogP) is 3.17. The van der Waals surface area contributed by atoms with Crippen molar-refractivity contribution in [3.8, 4) is 6.07 Å². The molecule has 0 aliphatic heterocycles. The molecule has 0 aliphatic rings. The highest BCUT2D eigenvalue weighted by Crippen LogP contribution is 2.31. The third-order valence-electron chi connectivity index (χ3n) is 2.93.